The van der Waals surface area contributed by atoms with E-state index < -0.39 is 5.97 Å². The standard InChI is InChI=1S/C18H20N2O4S/c1-2-3-10-19-16(21)12-24-18(23)13-6-8-14(9-7-13)20-17(22)15-5-4-11-25-15/h4-9,11H,2-3,10,12H2,1H3,(H,19,21)(H,20,22). The summed E-state index contributed by atoms with van der Waals surface area (Å²) in [5, 5.41) is 7.24. The van der Waals surface area contributed by atoms with E-state index in [9.17, 15) is 14.4 Å². The van der Waals surface area contributed by atoms with E-state index in [1.54, 1.807) is 36.4 Å². The normalized spacial score (nSPS) is 10.1. The lowest BCUT2D eigenvalue weighted by atomic mass is 10.2. The van der Waals surface area contributed by atoms with Gasteiger partial charge in [0.05, 0.1) is 10.4 Å². The van der Waals surface area contributed by atoms with Crippen LogP contribution in [0.25, 0.3) is 0 Å². The molecule has 0 saturated heterocycles. The number of ether oxygens (including phenoxy) is 1. The van der Waals surface area contributed by atoms with Crippen LogP contribution in [-0.4, -0.2) is 30.9 Å². The van der Waals surface area contributed by atoms with Gasteiger partial charge in [-0.25, -0.2) is 4.79 Å². The van der Waals surface area contributed by atoms with Crippen LogP contribution in [0.4, 0.5) is 5.69 Å². The molecule has 0 spiro atoms. The molecule has 7 heteroatoms. The van der Waals surface area contributed by atoms with Gasteiger partial charge in [-0.1, -0.05) is 19.4 Å². The van der Waals surface area contributed by atoms with Crippen molar-refractivity contribution in [3.05, 3.63) is 52.2 Å². The molecule has 0 fully saturated rings. The average Bonchev–Trinajstić information content (AvgIpc) is 3.15. The molecule has 1 heterocycles. The highest BCUT2D eigenvalue weighted by Gasteiger charge is 2.11. The molecule has 0 radical (unpaired) electrons. The molecule has 6 nitrogen and oxygen atoms in total. The number of unbranched alkanes of at least 4 members (excludes halogenated alkanes) is 1. The van der Waals surface area contributed by atoms with Crippen molar-refractivity contribution in [2.24, 2.45) is 0 Å². The highest BCUT2D eigenvalue weighted by molar-refractivity contribution is 7.12. The van der Waals surface area contributed by atoms with Gasteiger partial charge < -0.3 is 15.4 Å². The smallest absolute Gasteiger partial charge is 0.338 e. The third-order valence-electron chi connectivity index (χ3n) is 3.31. The molecular weight excluding hydrogens is 340 g/mol. The Labute approximate surface area is 150 Å². The van der Waals surface area contributed by atoms with Gasteiger partial charge in [-0.05, 0) is 42.1 Å². The van der Waals surface area contributed by atoms with Crippen LogP contribution in [-0.2, 0) is 9.53 Å². The van der Waals surface area contributed by atoms with Gasteiger partial charge in [-0.2, -0.15) is 0 Å². The fourth-order valence-electron chi connectivity index (χ4n) is 1.96. The lowest BCUT2D eigenvalue weighted by molar-refractivity contribution is -0.124. The van der Waals surface area contributed by atoms with E-state index >= 15 is 0 Å². The van der Waals surface area contributed by atoms with Gasteiger partial charge in [0.15, 0.2) is 6.61 Å². The van der Waals surface area contributed by atoms with Crippen LogP contribution in [0.3, 0.4) is 0 Å². The Morgan fingerprint density at radius 2 is 1.88 bits per heavy atom. The van der Waals surface area contributed by atoms with Crippen molar-refractivity contribution >= 4 is 34.8 Å². The van der Waals surface area contributed by atoms with Crippen LogP contribution in [0.1, 0.15) is 39.8 Å². The van der Waals surface area contributed by atoms with Gasteiger partial charge in [0, 0.05) is 12.2 Å². The zero-order valence-corrected chi connectivity index (χ0v) is 14.7. The SMILES string of the molecule is CCCCNC(=O)COC(=O)c1ccc(NC(=O)c2cccs2)cc1. The van der Waals surface area contributed by atoms with E-state index in [2.05, 4.69) is 10.6 Å². The number of thiophene rings is 1. The summed E-state index contributed by atoms with van der Waals surface area (Å²) in [5.41, 5.74) is 0.891. The molecule has 0 aliphatic rings. The molecule has 0 aliphatic heterocycles. The number of carbonyl (C=O) groups is 3. The van der Waals surface area contributed by atoms with Crippen molar-refractivity contribution in [1.29, 1.82) is 0 Å². The Morgan fingerprint density at radius 1 is 1.12 bits per heavy atom. The van der Waals surface area contributed by atoms with Crippen molar-refractivity contribution in [1.82, 2.24) is 5.32 Å². The van der Waals surface area contributed by atoms with E-state index in [-0.39, 0.29) is 18.4 Å². The molecule has 132 valence electrons. The second-order valence-electron chi connectivity index (χ2n) is 5.29. The lowest BCUT2D eigenvalue weighted by Crippen LogP contribution is -2.29. The van der Waals surface area contributed by atoms with E-state index in [0.29, 0.717) is 22.7 Å². The van der Waals surface area contributed by atoms with Crippen molar-refractivity contribution < 1.29 is 19.1 Å². The minimum atomic E-state index is -0.582. The van der Waals surface area contributed by atoms with Gasteiger partial charge in [-0.3, -0.25) is 9.59 Å². The average molecular weight is 360 g/mol. The predicted octanol–water partition coefficient (Wildman–Crippen LogP) is 3.07. The molecule has 25 heavy (non-hydrogen) atoms. The summed E-state index contributed by atoms with van der Waals surface area (Å²) >= 11 is 1.35. The highest BCUT2D eigenvalue weighted by Crippen LogP contribution is 2.14. The molecule has 1 aromatic carbocycles. The second-order valence-corrected chi connectivity index (χ2v) is 6.24. The summed E-state index contributed by atoms with van der Waals surface area (Å²) < 4.78 is 4.96. The Morgan fingerprint density at radius 3 is 2.52 bits per heavy atom. The summed E-state index contributed by atoms with van der Waals surface area (Å²) in [6.45, 7) is 2.30. The van der Waals surface area contributed by atoms with Crippen LogP contribution in [0.5, 0.6) is 0 Å². The van der Waals surface area contributed by atoms with Gasteiger partial charge in [0.25, 0.3) is 11.8 Å². The fourth-order valence-corrected chi connectivity index (χ4v) is 2.58. The Hall–Kier alpha value is -2.67. The number of esters is 1. The second kappa shape index (κ2) is 9.58. The summed E-state index contributed by atoms with van der Waals surface area (Å²) in [5.74, 6) is -1.10. The number of hydrogen-bond donors (Lipinski definition) is 2. The number of benzene rings is 1. The molecule has 0 atom stereocenters. The maximum absolute atomic E-state index is 11.9. The van der Waals surface area contributed by atoms with Gasteiger partial charge in [0.2, 0.25) is 0 Å². The first-order chi connectivity index (χ1) is 12.1. The monoisotopic (exact) mass is 360 g/mol. The van der Waals surface area contributed by atoms with Crippen molar-refractivity contribution in [2.75, 3.05) is 18.5 Å². The zero-order valence-electron chi connectivity index (χ0n) is 13.9. The molecule has 0 saturated carbocycles. The minimum Gasteiger partial charge on any atom is -0.452 e. The Kier molecular flexibility index (Phi) is 7.16. The maximum Gasteiger partial charge on any atom is 0.338 e. The van der Waals surface area contributed by atoms with E-state index in [1.165, 1.54) is 11.3 Å². The molecule has 2 aromatic rings. The molecule has 2 rings (SSSR count). The minimum absolute atomic E-state index is 0.200. The third kappa shape index (κ3) is 6.04. The van der Waals surface area contributed by atoms with Crippen molar-refractivity contribution in [3.8, 4) is 0 Å². The molecular formula is C18H20N2O4S. The number of rotatable bonds is 8. The fraction of sp³-hybridized carbons (Fsp3) is 0.278. The highest BCUT2D eigenvalue weighted by atomic mass is 32.1. The summed E-state index contributed by atoms with van der Waals surface area (Å²) in [7, 11) is 0. The summed E-state index contributed by atoms with van der Waals surface area (Å²) in [4.78, 5) is 36.0. The zero-order chi connectivity index (χ0) is 18.1. The van der Waals surface area contributed by atoms with E-state index in [0.717, 1.165) is 12.8 Å². The lowest BCUT2D eigenvalue weighted by Gasteiger charge is -2.07. The molecule has 0 aliphatic carbocycles. The number of amides is 2. The van der Waals surface area contributed by atoms with Crippen LogP contribution >= 0.6 is 11.3 Å². The van der Waals surface area contributed by atoms with Gasteiger partial charge in [-0.15, -0.1) is 11.3 Å². The van der Waals surface area contributed by atoms with Crippen LogP contribution in [0, 0.1) is 0 Å². The van der Waals surface area contributed by atoms with Crippen molar-refractivity contribution in [3.63, 3.8) is 0 Å². The third-order valence-corrected chi connectivity index (χ3v) is 4.18. The maximum atomic E-state index is 11.9. The Balaban J connectivity index is 1.81. The van der Waals surface area contributed by atoms with Gasteiger partial charge >= 0.3 is 5.97 Å². The van der Waals surface area contributed by atoms with Crippen LogP contribution in [0.15, 0.2) is 41.8 Å². The van der Waals surface area contributed by atoms with Crippen LogP contribution in [0.2, 0.25) is 0 Å². The van der Waals surface area contributed by atoms with E-state index in [4.69, 9.17) is 4.74 Å². The predicted molar refractivity (Wildman–Crippen MR) is 96.9 cm³/mol. The number of nitrogens with one attached hydrogen (secondary N) is 2. The first kappa shape index (κ1) is 18.7. The quantitative estimate of drug-likeness (QED) is 0.560. The first-order valence-corrected chi connectivity index (χ1v) is 8.87. The first-order valence-electron chi connectivity index (χ1n) is 7.99. The summed E-state index contributed by atoms with van der Waals surface area (Å²) in [6, 6.07) is 9.85. The molecule has 2 amide bonds. The van der Waals surface area contributed by atoms with Gasteiger partial charge in [0.1, 0.15) is 0 Å². The van der Waals surface area contributed by atoms with Crippen molar-refractivity contribution in [2.45, 2.75) is 19.8 Å². The Bertz CT molecular complexity index is 711. The topological polar surface area (TPSA) is 84.5 Å². The summed E-state index contributed by atoms with van der Waals surface area (Å²) in [6.07, 6.45) is 1.87. The molecule has 0 unspecified atom stereocenters. The largest absolute Gasteiger partial charge is 0.452 e. The number of hydrogen-bond acceptors (Lipinski definition) is 5. The molecule has 2 N–H and O–H groups in total. The molecule has 0 bridgehead atoms. The number of anilines is 1. The van der Waals surface area contributed by atoms with E-state index in [1.807, 2.05) is 12.3 Å². The number of carbonyl (C=O) groups excluding carboxylic acids is 3. The van der Waals surface area contributed by atoms with Crippen LogP contribution < -0.4 is 10.6 Å². The molecule has 1 aromatic heterocycles.